The molecule has 0 saturated carbocycles. The van der Waals surface area contributed by atoms with Gasteiger partial charge in [-0.2, -0.15) is 0 Å². The molecule has 0 N–H and O–H groups in total. The standard InChI is InChI=1S/C55H42N2OS/c1-33-19-24-48-44(27-33)46-29-35(22-26-50(46)56(48)37-11-3-2-4-12-37)34-21-25-49-45(28-34)39-13-5-8-16-47(39)57(49)38-31-43(55-42-15-6-9-17-51(42)58-52(55)32-38)36-20-23-41-40-14-7-10-18-53(40)59-54(41)30-36/h2-6,8-13,15-18,21-23,25-26,28-33,36H,7,14,19-20,24,27H2,1H3. The molecule has 3 nitrogen and oxygen atoms in total. The van der Waals surface area contributed by atoms with E-state index in [4.69, 9.17) is 4.42 Å². The third kappa shape index (κ3) is 5.06. The van der Waals surface area contributed by atoms with Gasteiger partial charge in [-0.15, -0.1) is 11.3 Å². The number of thiophene rings is 1. The van der Waals surface area contributed by atoms with Crippen LogP contribution in [0.5, 0.6) is 0 Å². The van der Waals surface area contributed by atoms with Crippen LogP contribution in [0.4, 0.5) is 0 Å². The summed E-state index contributed by atoms with van der Waals surface area (Å²) in [7, 11) is 0. The van der Waals surface area contributed by atoms with E-state index in [0.29, 0.717) is 5.92 Å². The van der Waals surface area contributed by atoms with Crippen molar-refractivity contribution < 1.29 is 4.42 Å². The van der Waals surface area contributed by atoms with E-state index in [1.807, 2.05) is 11.3 Å². The van der Waals surface area contributed by atoms with E-state index in [2.05, 4.69) is 168 Å². The lowest BCUT2D eigenvalue weighted by Gasteiger charge is -2.21. The van der Waals surface area contributed by atoms with E-state index in [1.165, 1.54) is 98.2 Å². The molecule has 0 saturated heterocycles. The van der Waals surface area contributed by atoms with Gasteiger partial charge >= 0.3 is 0 Å². The van der Waals surface area contributed by atoms with Crippen LogP contribution >= 0.6 is 11.3 Å². The number of para-hydroxylation sites is 3. The molecule has 2 atom stereocenters. The highest BCUT2D eigenvalue weighted by molar-refractivity contribution is 7.11. The zero-order valence-electron chi connectivity index (χ0n) is 33.0. The molecule has 3 aliphatic carbocycles. The first-order valence-electron chi connectivity index (χ1n) is 21.4. The highest BCUT2D eigenvalue weighted by Gasteiger charge is 2.26. The van der Waals surface area contributed by atoms with Crippen LogP contribution in [0.1, 0.15) is 59.4 Å². The number of aromatic nitrogens is 2. The van der Waals surface area contributed by atoms with Gasteiger partial charge in [0.2, 0.25) is 0 Å². The fraction of sp³-hybridized carbons (Fsp3) is 0.164. The van der Waals surface area contributed by atoms with E-state index in [9.17, 15) is 0 Å². The number of benzene rings is 6. The highest BCUT2D eigenvalue weighted by atomic mass is 32.1. The van der Waals surface area contributed by atoms with Crippen molar-refractivity contribution >= 4 is 84.2 Å². The fourth-order valence-electron chi connectivity index (χ4n) is 10.9. The van der Waals surface area contributed by atoms with Gasteiger partial charge in [0, 0.05) is 59.7 Å². The van der Waals surface area contributed by atoms with Crippen LogP contribution < -0.4 is 9.75 Å². The van der Waals surface area contributed by atoms with Crippen molar-refractivity contribution in [3.63, 3.8) is 0 Å². The van der Waals surface area contributed by atoms with E-state index >= 15 is 0 Å². The Labute approximate surface area is 346 Å². The van der Waals surface area contributed by atoms with Gasteiger partial charge in [0.15, 0.2) is 0 Å². The normalized spacial score (nSPS) is 17.4. The van der Waals surface area contributed by atoms with Gasteiger partial charge in [-0.1, -0.05) is 91.9 Å². The van der Waals surface area contributed by atoms with Gasteiger partial charge in [0.05, 0.1) is 22.2 Å². The van der Waals surface area contributed by atoms with E-state index in [-0.39, 0.29) is 5.92 Å². The zero-order chi connectivity index (χ0) is 38.8. The molecule has 0 spiro atoms. The Balaban J connectivity index is 0.991. The SMILES string of the molecule is CC1CCc2c(c3cc(-c4ccc5c(c4)c4ccccc4n5-c4cc(C5C=c6sc7c(c6=CC5)CCC=C7)c5c(c4)oc4ccccc45)ccc3n2-c2ccccc2)C1. The van der Waals surface area contributed by atoms with Crippen LogP contribution in [0, 0.1) is 5.92 Å². The summed E-state index contributed by atoms with van der Waals surface area (Å²) in [5.74, 6) is 0.933. The maximum atomic E-state index is 6.72. The van der Waals surface area contributed by atoms with Crippen molar-refractivity contribution in [2.75, 3.05) is 0 Å². The third-order valence-corrected chi connectivity index (χ3v) is 14.8. The quantitative estimate of drug-likeness (QED) is 0.174. The van der Waals surface area contributed by atoms with Crippen LogP contribution in [0.15, 0.2) is 138 Å². The van der Waals surface area contributed by atoms with Gasteiger partial charge in [-0.25, -0.2) is 0 Å². The summed E-state index contributed by atoms with van der Waals surface area (Å²) in [5.41, 5.74) is 16.4. The molecule has 3 aliphatic rings. The molecule has 10 aromatic rings. The predicted molar refractivity (Wildman–Crippen MR) is 249 cm³/mol. The Kier molecular flexibility index (Phi) is 7.30. The van der Waals surface area contributed by atoms with Crippen molar-refractivity contribution in [3.05, 3.63) is 170 Å². The lowest BCUT2D eigenvalue weighted by molar-refractivity contribution is 0.495. The van der Waals surface area contributed by atoms with E-state index < -0.39 is 0 Å². The number of fused-ring (bicyclic) bond motifs is 12. The lowest BCUT2D eigenvalue weighted by Crippen LogP contribution is -2.26. The number of rotatable bonds is 4. The maximum absolute atomic E-state index is 6.72. The second-order valence-electron chi connectivity index (χ2n) is 17.1. The first-order valence-corrected chi connectivity index (χ1v) is 22.2. The molecule has 6 aromatic carbocycles. The number of hydrogen-bond acceptors (Lipinski definition) is 2. The number of nitrogens with zero attached hydrogens (tertiary/aromatic N) is 2. The Morgan fingerprint density at radius 1 is 0.644 bits per heavy atom. The minimum atomic E-state index is 0.245. The van der Waals surface area contributed by atoms with E-state index in [1.54, 1.807) is 5.56 Å². The molecule has 0 fully saturated rings. The summed E-state index contributed by atoms with van der Waals surface area (Å²) >= 11 is 1.96. The van der Waals surface area contributed by atoms with Crippen LogP contribution in [-0.4, -0.2) is 9.13 Å². The summed E-state index contributed by atoms with van der Waals surface area (Å²) in [5, 5.41) is 7.81. The van der Waals surface area contributed by atoms with Crippen LogP contribution in [0.25, 0.3) is 95.4 Å². The molecule has 0 aliphatic heterocycles. The Bertz CT molecular complexity index is 3530. The number of hydrogen-bond donors (Lipinski definition) is 0. The average Bonchev–Trinajstić information content (AvgIpc) is 4.03. The monoisotopic (exact) mass is 778 g/mol. The van der Waals surface area contributed by atoms with Gasteiger partial charge in [0.25, 0.3) is 0 Å². The lowest BCUT2D eigenvalue weighted by atomic mass is 9.87. The molecule has 2 unspecified atom stereocenters. The third-order valence-electron chi connectivity index (χ3n) is 13.6. The predicted octanol–water partition coefficient (Wildman–Crippen LogP) is 13.2. The largest absolute Gasteiger partial charge is 0.456 e. The molecule has 13 rings (SSSR count). The Morgan fingerprint density at radius 3 is 2.29 bits per heavy atom. The molecule has 4 heteroatoms. The Hall–Kier alpha value is -6.36. The second-order valence-corrected chi connectivity index (χ2v) is 18.2. The minimum Gasteiger partial charge on any atom is -0.456 e. The van der Waals surface area contributed by atoms with Gasteiger partial charge in [0.1, 0.15) is 11.2 Å². The molecule has 4 aromatic heterocycles. The molecule has 0 amide bonds. The summed E-state index contributed by atoms with van der Waals surface area (Å²) in [4.78, 5) is 1.44. The summed E-state index contributed by atoms with van der Waals surface area (Å²) in [6, 6.07) is 47.4. The van der Waals surface area contributed by atoms with Crippen molar-refractivity contribution in [1.82, 2.24) is 9.13 Å². The van der Waals surface area contributed by atoms with Crippen molar-refractivity contribution in [2.24, 2.45) is 5.92 Å². The molecule has 4 heterocycles. The maximum Gasteiger partial charge on any atom is 0.137 e. The molecule has 284 valence electrons. The molecular weight excluding hydrogens is 737 g/mol. The molecule has 0 radical (unpaired) electrons. The topological polar surface area (TPSA) is 23.0 Å². The van der Waals surface area contributed by atoms with Crippen LogP contribution in [-0.2, 0) is 19.3 Å². The summed E-state index contributed by atoms with van der Waals surface area (Å²) in [6.07, 6.45) is 16.5. The first kappa shape index (κ1) is 33.6. The van der Waals surface area contributed by atoms with Crippen molar-refractivity contribution in [1.29, 1.82) is 0 Å². The summed E-state index contributed by atoms with van der Waals surface area (Å²) < 4.78 is 13.1. The number of furan rings is 1. The smallest absolute Gasteiger partial charge is 0.137 e. The van der Waals surface area contributed by atoms with Gasteiger partial charge < -0.3 is 13.6 Å². The molecule has 59 heavy (non-hydrogen) atoms. The molecule has 0 bridgehead atoms. The number of allylic oxidation sites excluding steroid dienone is 1. The Morgan fingerprint density at radius 2 is 1.41 bits per heavy atom. The average molecular weight is 779 g/mol. The first-order chi connectivity index (χ1) is 29.1. The highest BCUT2D eigenvalue weighted by Crippen LogP contribution is 2.43. The van der Waals surface area contributed by atoms with Crippen molar-refractivity contribution in [3.8, 4) is 22.5 Å². The van der Waals surface area contributed by atoms with Gasteiger partial charge in [-0.3, -0.25) is 0 Å². The second kappa shape index (κ2) is 12.8. The molecular formula is C55H42N2OS. The summed E-state index contributed by atoms with van der Waals surface area (Å²) in [6.45, 7) is 2.41. The fourth-order valence-corrected chi connectivity index (χ4v) is 12.2. The van der Waals surface area contributed by atoms with E-state index in [0.717, 1.165) is 49.0 Å². The van der Waals surface area contributed by atoms with Crippen molar-refractivity contribution in [2.45, 2.75) is 51.4 Å². The minimum absolute atomic E-state index is 0.245. The zero-order valence-corrected chi connectivity index (χ0v) is 33.9. The van der Waals surface area contributed by atoms with Crippen LogP contribution in [0.2, 0.25) is 0 Å². The van der Waals surface area contributed by atoms with Crippen LogP contribution in [0.3, 0.4) is 0 Å². The van der Waals surface area contributed by atoms with Gasteiger partial charge in [-0.05, 0) is 138 Å².